The van der Waals surface area contributed by atoms with Crippen LogP contribution in [-0.2, 0) is 39.2 Å². The van der Waals surface area contributed by atoms with Crippen molar-refractivity contribution in [2.75, 3.05) is 0 Å². The quantitative estimate of drug-likeness (QED) is 0.236. The van der Waals surface area contributed by atoms with Gasteiger partial charge in [-0.2, -0.15) is 0 Å². The SMILES string of the molecule is CCC1=C(C)c2cc3[n-]c(cc4nc(cc5[n-]c(cc1n2)c(C)c5CCC(=O)O)C(CCC(=O)O)=C4C)c(C)c3CC.[CH3-].[CH3-].[Co]. The number of aryl methyl sites for hydroxylation is 4. The molecule has 0 aliphatic carbocycles. The topological polar surface area (TPSA) is 129 Å². The van der Waals surface area contributed by atoms with Gasteiger partial charge in [0.05, 0.1) is 22.8 Å². The Labute approximate surface area is 276 Å². The second-order valence-electron chi connectivity index (χ2n) is 11.0. The van der Waals surface area contributed by atoms with Gasteiger partial charge in [0, 0.05) is 29.6 Å². The van der Waals surface area contributed by atoms with E-state index in [-0.39, 0.29) is 44.5 Å². The fraction of sp³-hybridized carbons (Fsp3) is 0.333. The third-order valence-corrected chi connectivity index (χ3v) is 8.53. The predicted octanol–water partition coefficient (Wildman–Crippen LogP) is 7.80. The summed E-state index contributed by atoms with van der Waals surface area (Å²) in [6, 6.07) is 7.93. The molecule has 8 bridgehead atoms. The van der Waals surface area contributed by atoms with E-state index >= 15 is 0 Å². The van der Waals surface area contributed by atoms with Crippen molar-refractivity contribution in [1.29, 1.82) is 0 Å². The number of hydrogen-bond acceptors (Lipinski definition) is 4. The summed E-state index contributed by atoms with van der Waals surface area (Å²) in [6.45, 7) is 12.3. The first-order chi connectivity index (χ1) is 20.0. The van der Waals surface area contributed by atoms with Crippen LogP contribution >= 0.6 is 0 Å². The van der Waals surface area contributed by atoms with Crippen molar-refractivity contribution in [2.45, 2.75) is 80.1 Å². The molecule has 243 valence electrons. The summed E-state index contributed by atoms with van der Waals surface area (Å²) >= 11 is 0. The Hall–Kier alpha value is -3.95. The van der Waals surface area contributed by atoms with E-state index in [1.807, 2.05) is 32.0 Å². The molecule has 0 spiro atoms. The molecule has 0 aromatic carbocycles. The van der Waals surface area contributed by atoms with E-state index in [9.17, 15) is 19.8 Å². The molecular formula is C36H42CoN4O4-4. The molecule has 2 N–H and O–H groups in total. The number of nitrogens with zero attached hydrogens (tertiary/aromatic N) is 4. The number of fused-ring (bicyclic) bond motifs is 8. The predicted molar refractivity (Wildman–Crippen MR) is 179 cm³/mol. The van der Waals surface area contributed by atoms with Crippen LogP contribution in [0.15, 0.2) is 24.3 Å². The number of aromatic nitrogens is 4. The van der Waals surface area contributed by atoms with Crippen molar-refractivity contribution in [3.8, 4) is 0 Å². The van der Waals surface area contributed by atoms with Gasteiger partial charge in [-0.3, -0.25) is 9.59 Å². The van der Waals surface area contributed by atoms with Gasteiger partial charge in [0.2, 0.25) is 0 Å². The van der Waals surface area contributed by atoms with Crippen molar-refractivity contribution in [2.24, 2.45) is 0 Å². The summed E-state index contributed by atoms with van der Waals surface area (Å²) in [5.74, 6) is -1.76. The summed E-state index contributed by atoms with van der Waals surface area (Å²) in [6.07, 6.45) is 2.23. The number of hydrogen-bond donors (Lipinski definition) is 2. The molecule has 2 aliphatic heterocycles. The number of allylic oxidation sites excluding steroid dienone is 4. The van der Waals surface area contributed by atoms with Crippen LogP contribution in [0.4, 0.5) is 0 Å². The number of carboxylic acid groups (broad SMARTS) is 2. The summed E-state index contributed by atoms with van der Waals surface area (Å²) in [5.41, 5.74) is 14.3. The van der Waals surface area contributed by atoms with Crippen LogP contribution in [0, 0.1) is 28.7 Å². The van der Waals surface area contributed by atoms with Crippen LogP contribution in [0.5, 0.6) is 0 Å². The van der Waals surface area contributed by atoms with Crippen molar-refractivity contribution in [1.82, 2.24) is 19.9 Å². The minimum atomic E-state index is -0.878. The fourth-order valence-corrected chi connectivity index (χ4v) is 6.06. The van der Waals surface area contributed by atoms with E-state index in [0.29, 0.717) is 24.1 Å². The second kappa shape index (κ2) is 14.9. The maximum atomic E-state index is 11.5. The molecule has 45 heavy (non-hydrogen) atoms. The average molecular weight is 654 g/mol. The van der Waals surface area contributed by atoms with Crippen LogP contribution in [0.25, 0.3) is 44.4 Å². The molecule has 0 saturated heterocycles. The van der Waals surface area contributed by atoms with Gasteiger partial charge in [-0.1, -0.05) is 60.4 Å². The van der Waals surface area contributed by atoms with E-state index in [0.717, 1.165) is 85.5 Å². The number of rotatable bonds is 8. The molecule has 5 heterocycles. The van der Waals surface area contributed by atoms with Crippen molar-refractivity contribution < 1.29 is 36.6 Å². The Morgan fingerprint density at radius 3 is 1.58 bits per heavy atom. The fourth-order valence-electron chi connectivity index (χ4n) is 6.06. The summed E-state index contributed by atoms with van der Waals surface area (Å²) in [4.78, 5) is 43.1. The summed E-state index contributed by atoms with van der Waals surface area (Å²) in [5, 5.41) is 18.9. The van der Waals surface area contributed by atoms with Crippen LogP contribution < -0.4 is 9.97 Å². The Morgan fingerprint density at radius 1 is 0.622 bits per heavy atom. The van der Waals surface area contributed by atoms with E-state index in [1.165, 1.54) is 5.56 Å². The molecule has 0 atom stereocenters. The van der Waals surface area contributed by atoms with Gasteiger partial charge in [-0.15, -0.1) is 22.1 Å². The monoisotopic (exact) mass is 653 g/mol. The molecule has 0 amide bonds. The minimum Gasteiger partial charge on any atom is -0.657 e. The number of carboxylic acids is 2. The van der Waals surface area contributed by atoms with Crippen molar-refractivity contribution in [3.05, 3.63) is 84.1 Å². The van der Waals surface area contributed by atoms with Gasteiger partial charge >= 0.3 is 11.9 Å². The maximum absolute atomic E-state index is 11.5. The van der Waals surface area contributed by atoms with Gasteiger partial charge in [-0.25, -0.2) is 9.97 Å². The zero-order valence-corrected chi connectivity index (χ0v) is 28.4. The second-order valence-corrected chi connectivity index (χ2v) is 11.0. The van der Waals surface area contributed by atoms with Gasteiger partial charge in [0.1, 0.15) is 0 Å². The van der Waals surface area contributed by atoms with Crippen LogP contribution in [0.1, 0.15) is 98.4 Å². The molecule has 1 radical (unpaired) electrons. The van der Waals surface area contributed by atoms with Gasteiger partial charge in [-0.05, 0) is 75.7 Å². The molecule has 0 saturated carbocycles. The largest absolute Gasteiger partial charge is 0.657 e. The van der Waals surface area contributed by atoms with Gasteiger partial charge < -0.3 is 35.0 Å². The smallest absolute Gasteiger partial charge is 0.303 e. The third kappa shape index (κ3) is 7.15. The molecular weight excluding hydrogens is 611 g/mol. The third-order valence-electron chi connectivity index (χ3n) is 8.53. The summed E-state index contributed by atoms with van der Waals surface area (Å²) in [7, 11) is 0. The van der Waals surface area contributed by atoms with Crippen LogP contribution in [-0.4, -0.2) is 32.1 Å². The normalized spacial score (nSPS) is 12.4. The first kappa shape index (κ1) is 37.2. The maximum Gasteiger partial charge on any atom is 0.303 e. The molecule has 0 fully saturated rings. The Balaban J connectivity index is 0.00000235. The minimum absolute atomic E-state index is 0. The Bertz CT molecular complexity index is 1860. The molecule has 5 rings (SSSR count). The molecule has 0 unspecified atom stereocenters. The van der Waals surface area contributed by atoms with Gasteiger partial charge in [0.15, 0.2) is 0 Å². The van der Waals surface area contributed by atoms with E-state index in [4.69, 9.17) is 19.9 Å². The Kier molecular flexibility index (Phi) is 12.3. The zero-order valence-electron chi connectivity index (χ0n) is 27.4. The number of carbonyl (C=O) groups is 2. The standard InChI is InChI=1S/C34H38N4O4.2CH3.Co/c1-7-21-17(3)25-13-26-19(5)23(9-11-33(39)40)31(37-26)16-32-24(10-12-34(41)42)20(6)28(38-32)15-30-22(8-2)18(4)27(36-30)14-29(21)35-25;;;/h13-16H,7-12H2,1-6H3,(H4,35,36,37,38,39,40,41,42);2*1H3;/q;2*-1;/p-2. The molecule has 9 heteroatoms. The molecule has 3 aromatic heterocycles. The first-order valence-corrected chi connectivity index (χ1v) is 14.5. The van der Waals surface area contributed by atoms with E-state index in [1.54, 1.807) is 0 Å². The first-order valence-electron chi connectivity index (χ1n) is 14.5. The van der Waals surface area contributed by atoms with Crippen molar-refractivity contribution in [3.63, 3.8) is 0 Å². The molecule has 8 nitrogen and oxygen atoms in total. The van der Waals surface area contributed by atoms with Crippen LogP contribution in [0.2, 0.25) is 0 Å². The average Bonchev–Trinajstić information content (AvgIpc) is 3.59. The van der Waals surface area contributed by atoms with Crippen molar-refractivity contribution >= 4 is 56.3 Å². The van der Waals surface area contributed by atoms with E-state index < -0.39 is 11.9 Å². The van der Waals surface area contributed by atoms with Gasteiger partial charge in [0.25, 0.3) is 0 Å². The van der Waals surface area contributed by atoms with E-state index in [2.05, 4.69) is 33.8 Å². The zero-order chi connectivity index (χ0) is 30.3. The van der Waals surface area contributed by atoms with Crippen LogP contribution in [0.3, 0.4) is 0 Å². The molecule has 3 aromatic rings. The molecule has 2 aliphatic rings. The Morgan fingerprint density at radius 2 is 1.04 bits per heavy atom. The number of aliphatic carboxylic acids is 2. The summed E-state index contributed by atoms with van der Waals surface area (Å²) < 4.78 is 0.